The molecule has 2 atom stereocenters. The van der Waals surface area contributed by atoms with Gasteiger partial charge in [0, 0.05) is 10.7 Å². The minimum Gasteiger partial charge on any atom is -0.448 e. The summed E-state index contributed by atoms with van der Waals surface area (Å²) in [6, 6.07) is 27.4. The van der Waals surface area contributed by atoms with Crippen molar-refractivity contribution in [2.75, 3.05) is 11.5 Å². The Balaban J connectivity index is 1.21. The number of amides is 2. The van der Waals surface area contributed by atoms with E-state index < -0.39 is 29.4 Å². The van der Waals surface area contributed by atoms with Crippen LogP contribution in [-0.2, 0) is 25.5 Å². The Kier molecular flexibility index (Phi) is 8.16. The number of carbonyl (C=O) groups excluding carboxylic acids is 3. The normalized spacial score (nSPS) is 17.5. The molecule has 3 aromatic carbocycles. The quantitative estimate of drug-likeness (QED) is 0.120. The van der Waals surface area contributed by atoms with E-state index in [4.69, 9.17) is 10.5 Å². The zero-order valence-corrected chi connectivity index (χ0v) is 25.8. The Hall–Kier alpha value is -5.14. The Bertz CT molecular complexity index is 1920. The predicted molar refractivity (Wildman–Crippen MR) is 175 cm³/mol. The van der Waals surface area contributed by atoms with Gasteiger partial charge in [-0.1, -0.05) is 103 Å². The molecule has 46 heavy (non-hydrogen) atoms. The van der Waals surface area contributed by atoms with Gasteiger partial charge in [0.2, 0.25) is 5.91 Å². The van der Waals surface area contributed by atoms with E-state index >= 15 is 0 Å². The van der Waals surface area contributed by atoms with Crippen molar-refractivity contribution >= 4 is 58.2 Å². The van der Waals surface area contributed by atoms with E-state index in [1.54, 1.807) is 6.20 Å². The summed E-state index contributed by atoms with van der Waals surface area (Å²) in [6.07, 6.45) is 0.951. The van der Waals surface area contributed by atoms with Gasteiger partial charge in [-0.05, 0) is 16.7 Å². The van der Waals surface area contributed by atoms with Gasteiger partial charge in [-0.3, -0.25) is 19.6 Å². The summed E-state index contributed by atoms with van der Waals surface area (Å²) in [6.45, 7) is 0. The topological polar surface area (TPSA) is 156 Å². The Morgan fingerprint density at radius 1 is 1.00 bits per heavy atom. The first kappa shape index (κ1) is 29.6. The van der Waals surface area contributed by atoms with E-state index in [1.807, 2.05) is 91.0 Å². The number of nitrogens with one attached hydrogen (secondary N) is 2. The lowest BCUT2D eigenvalue weighted by molar-refractivity contribution is -0.154. The molecule has 1 fully saturated rings. The molecule has 0 aliphatic carbocycles. The van der Waals surface area contributed by atoms with Crippen LogP contribution in [0.25, 0.3) is 11.0 Å². The van der Waals surface area contributed by atoms with Crippen molar-refractivity contribution in [2.24, 2.45) is 0 Å². The van der Waals surface area contributed by atoms with Crippen molar-refractivity contribution in [3.05, 3.63) is 124 Å². The molecule has 1 saturated heterocycles. The second kappa shape index (κ2) is 12.7. The summed E-state index contributed by atoms with van der Waals surface area (Å²) >= 11 is 2.58. The number of H-pyrrole nitrogens is 1. The van der Waals surface area contributed by atoms with Crippen LogP contribution in [0.15, 0.2) is 113 Å². The molecule has 5 aromatic rings. The number of fused-ring (bicyclic) bond motifs is 2. The maximum atomic E-state index is 14.2. The Labute approximate surface area is 272 Å². The molecule has 4 heterocycles. The fraction of sp³-hybridized carbons (Fsp3) is 0.152. The number of esters is 1. The average molecular weight is 650 g/mol. The molecule has 2 aromatic heterocycles. The second-order valence-corrected chi connectivity index (χ2v) is 12.8. The monoisotopic (exact) mass is 649 g/mol. The molecule has 2 amide bonds. The van der Waals surface area contributed by atoms with E-state index in [0.717, 1.165) is 28.5 Å². The van der Waals surface area contributed by atoms with Crippen LogP contribution in [0.4, 0.5) is 5.82 Å². The van der Waals surface area contributed by atoms with E-state index in [2.05, 4.69) is 25.5 Å². The number of benzene rings is 3. The van der Waals surface area contributed by atoms with Gasteiger partial charge in [-0.15, -0.1) is 11.8 Å². The van der Waals surface area contributed by atoms with Crippen LogP contribution in [0.1, 0.15) is 22.8 Å². The average Bonchev–Trinajstić information content (AvgIpc) is 3.56. The number of rotatable bonds is 9. The summed E-state index contributed by atoms with van der Waals surface area (Å²) in [5, 5.41) is 10.0. The maximum Gasteiger partial charge on any atom is 0.356 e. The molecule has 230 valence electrons. The second-order valence-electron chi connectivity index (χ2n) is 10.6. The van der Waals surface area contributed by atoms with E-state index in [-0.39, 0.29) is 29.0 Å². The van der Waals surface area contributed by atoms with Gasteiger partial charge in [-0.2, -0.15) is 5.10 Å². The molecule has 0 radical (unpaired) electrons. The minimum atomic E-state index is -0.789. The third-order valence-corrected chi connectivity index (χ3v) is 10.0. The first-order chi connectivity index (χ1) is 22.5. The van der Waals surface area contributed by atoms with Crippen molar-refractivity contribution in [1.29, 1.82) is 0 Å². The smallest absolute Gasteiger partial charge is 0.356 e. The van der Waals surface area contributed by atoms with Gasteiger partial charge in [0.25, 0.3) is 5.91 Å². The molecule has 13 heteroatoms. The number of nitrogens with two attached hydrogens (primary N) is 1. The number of anilines is 1. The van der Waals surface area contributed by atoms with Crippen molar-refractivity contribution in [3.63, 3.8) is 0 Å². The highest BCUT2D eigenvalue weighted by Gasteiger charge is 2.55. The number of β-lactam (4-membered cyclic amide) rings is 1. The van der Waals surface area contributed by atoms with Gasteiger partial charge in [0.15, 0.2) is 16.9 Å². The number of ether oxygens (including phenoxy) is 1. The van der Waals surface area contributed by atoms with E-state index in [9.17, 15) is 14.4 Å². The lowest BCUT2D eigenvalue weighted by Crippen LogP contribution is -2.70. The highest BCUT2D eigenvalue weighted by molar-refractivity contribution is 8.06. The molecular weight excluding hydrogens is 623 g/mol. The van der Waals surface area contributed by atoms with Crippen LogP contribution in [0.3, 0.4) is 0 Å². The van der Waals surface area contributed by atoms with Crippen molar-refractivity contribution < 1.29 is 19.1 Å². The van der Waals surface area contributed by atoms with Crippen molar-refractivity contribution in [1.82, 2.24) is 30.4 Å². The SMILES string of the molecule is Nc1nc(SC2=C(C(=O)OC(c3ccccc3)c3ccccc3)N3C(=O)C(NC(=O)Cc4ccccc4)[C@H]3SC2)nc2[nH]ncc12. The lowest BCUT2D eigenvalue weighted by atomic mass is 10.0. The largest absolute Gasteiger partial charge is 0.448 e. The van der Waals surface area contributed by atoms with Crippen molar-refractivity contribution in [2.45, 2.75) is 29.1 Å². The van der Waals surface area contributed by atoms with Crippen molar-refractivity contribution in [3.8, 4) is 0 Å². The standard InChI is InChI=1S/C33H27N7O4S2/c34-28-22-17-35-39-29(22)38-33(37-28)46-23-18-45-31-25(36-24(41)16-19-10-4-1-5-11-19)30(42)40(31)26(23)32(43)44-27(20-12-6-2-7-13-20)21-14-8-3-9-15-21/h1-15,17,25,27,31H,16,18H2,(H,36,41)(H3,34,35,37,38,39)/t25?,31-/m1/s1. The summed E-state index contributed by atoms with van der Waals surface area (Å²) < 4.78 is 6.23. The van der Waals surface area contributed by atoms with Crippen LogP contribution in [0, 0.1) is 0 Å². The van der Waals surface area contributed by atoms with Gasteiger partial charge < -0.3 is 15.8 Å². The molecule has 2 aliphatic rings. The number of hydrogen-bond acceptors (Lipinski definition) is 10. The Morgan fingerprint density at radius 3 is 2.33 bits per heavy atom. The highest BCUT2D eigenvalue weighted by atomic mass is 32.2. The number of aromatic amines is 1. The number of nitrogen functional groups attached to an aromatic ring is 1. The maximum absolute atomic E-state index is 14.2. The molecule has 4 N–H and O–H groups in total. The molecule has 11 nitrogen and oxygen atoms in total. The van der Waals surface area contributed by atoms with Gasteiger partial charge in [0.05, 0.1) is 18.0 Å². The zero-order chi connectivity index (χ0) is 31.6. The summed E-state index contributed by atoms with van der Waals surface area (Å²) in [5.41, 5.74) is 9.10. The van der Waals surface area contributed by atoms with Gasteiger partial charge in [-0.25, -0.2) is 14.8 Å². The third kappa shape index (κ3) is 5.82. The molecule has 2 aliphatic heterocycles. The molecular formula is C33H27N7O4S2. The lowest BCUT2D eigenvalue weighted by Gasteiger charge is -2.49. The fourth-order valence-electron chi connectivity index (χ4n) is 5.40. The third-order valence-electron chi connectivity index (χ3n) is 7.61. The summed E-state index contributed by atoms with van der Waals surface area (Å²) in [4.78, 5) is 51.7. The molecule has 0 saturated carbocycles. The minimum absolute atomic E-state index is 0.0936. The molecule has 7 rings (SSSR count). The number of aromatic nitrogens is 4. The first-order valence-corrected chi connectivity index (χ1v) is 16.3. The number of hydrogen-bond donors (Lipinski definition) is 3. The molecule has 0 bridgehead atoms. The number of thioether (sulfide) groups is 2. The summed E-state index contributed by atoms with van der Waals surface area (Å²) in [7, 11) is 0. The van der Waals surface area contributed by atoms with Crippen LogP contribution in [0.2, 0.25) is 0 Å². The van der Waals surface area contributed by atoms with Gasteiger partial charge >= 0.3 is 5.97 Å². The zero-order valence-electron chi connectivity index (χ0n) is 24.2. The van der Waals surface area contributed by atoms with Gasteiger partial charge in [0.1, 0.15) is 22.9 Å². The predicted octanol–water partition coefficient (Wildman–Crippen LogP) is 4.21. The highest BCUT2D eigenvalue weighted by Crippen LogP contribution is 2.46. The van der Waals surface area contributed by atoms with E-state index in [0.29, 0.717) is 21.7 Å². The fourth-order valence-corrected chi connectivity index (χ4v) is 7.82. The molecule has 1 unspecified atom stereocenters. The van der Waals surface area contributed by atoms with Crippen LogP contribution in [-0.4, -0.2) is 60.0 Å². The first-order valence-electron chi connectivity index (χ1n) is 14.4. The molecule has 0 spiro atoms. The summed E-state index contributed by atoms with van der Waals surface area (Å²) in [5.74, 6) is -0.766. The van der Waals surface area contributed by atoms with Crippen LogP contribution >= 0.6 is 23.5 Å². The van der Waals surface area contributed by atoms with Crippen LogP contribution < -0.4 is 11.1 Å². The Morgan fingerprint density at radius 2 is 1.65 bits per heavy atom. The number of carbonyl (C=O) groups is 3. The number of nitrogens with zero attached hydrogens (tertiary/aromatic N) is 4. The van der Waals surface area contributed by atoms with E-state index in [1.165, 1.54) is 16.7 Å². The van der Waals surface area contributed by atoms with Crippen LogP contribution in [0.5, 0.6) is 0 Å².